The lowest BCUT2D eigenvalue weighted by molar-refractivity contribution is 0.527. The standard InChI is InChI=1S/C18H24N2S/c1-13-7-8-16(14(2)11-13)17-12-21-18(20-17)9-10-19-15-5-3-4-6-15/h7-8,11-12,15,19H,3-6,9-10H2,1-2H3. The molecule has 3 rings (SSSR count). The summed E-state index contributed by atoms with van der Waals surface area (Å²) in [6.07, 6.45) is 6.54. The van der Waals surface area contributed by atoms with Crippen LogP contribution in [0.15, 0.2) is 23.6 Å². The summed E-state index contributed by atoms with van der Waals surface area (Å²) in [7, 11) is 0. The topological polar surface area (TPSA) is 24.9 Å². The number of benzene rings is 1. The van der Waals surface area contributed by atoms with Crippen LogP contribution in [0.3, 0.4) is 0 Å². The number of aryl methyl sites for hydroxylation is 2. The molecule has 2 aromatic rings. The van der Waals surface area contributed by atoms with E-state index in [1.54, 1.807) is 11.3 Å². The quantitative estimate of drug-likeness (QED) is 0.879. The van der Waals surface area contributed by atoms with Gasteiger partial charge < -0.3 is 5.32 Å². The minimum absolute atomic E-state index is 0.753. The van der Waals surface area contributed by atoms with E-state index in [0.29, 0.717) is 0 Å². The zero-order valence-electron chi connectivity index (χ0n) is 13.0. The van der Waals surface area contributed by atoms with Gasteiger partial charge in [-0.2, -0.15) is 0 Å². The fourth-order valence-corrected chi connectivity index (χ4v) is 3.96. The van der Waals surface area contributed by atoms with Gasteiger partial charge in [0.2, 0.25) is 0 Å². The van der Waals surface area contributed by atoms with Crippen molar-refractivity contribution in [2.24, 2.45) is 0 Å². The molecule has 112 valence electrons. The van der Waals surface area contributed by atoms with Gasteiger partial charge in [0.05, 0.1) is 10.7 Å². The van der Waals surface area contributed by atoms with Crippen LogP contribution >= 0.6 is 11.3 Å². The normalized spacial score (nSPS) is 15.7. The highest BCUT2D eigenvalue weighted by Crippen LogP contribution is 2.26. The minimum atomic E-state index is 0.753. The number of thiazole rings is 1. The molecule has 0 saturated heterocycles. The number of hydrogen-bond donors (Lipinski definition) is 1. The van der Waals surface area contributed by atoms with Crippen LogP contribution < -0.4 is 5.32 Å². The molecular formula is C18H24N2S. The molecule has 3 heteroatoms. The second-order valence-electron chi connectivity index (χ2n) is 6.13. The number of rotatable bonds is 5. The molecule has 1 aromatic heterocycles. The van der Waals surface area contributed by atoms with Gasteiger partial charge in [-0.3, -0.25) is 0 Å². The predicted octanol–water partition coefficient (Wildman–Crippen LogP) is 4.50. The molecule has 1 aliphatic carbocycles. The van der Waals surface area contributed by atoms with Crippen LogP contribution in [-0.2, 0) is 6.42 Å². The Kier molecular flexibility index (Phi) is 4.71. The summed E-state index contributed by atoms with van der Waals surface area (Å²) in [5, 5.41) is 7.11. The molecular weight excluding hydrogens is 276 g/mol. The maximum Gasteiger partial charge on any atom is 0.0945 e. The van der Waals surface area contributed by atoms with Gasteiger partial charge >= 0.3 is 0 Å². The minimum Gasteiger partial charge on any atom is -0.314 e. The van der Waals surface area contributed by atoms with Crippen LogP contribution in [0.4, 0.5) is 0 Å². The first-order valence-corrected chi connectivity index (χ1v) is 8.86. The Balaban J connectivity index is 1.60. The molecule has 21 heavy (non-hydrogen) atoms. The van der Waals surface area contributed by atoms with Crippen LogP contribution in [0.25, 0.3) is 11.3 Å². The molecule has 0 unspecified atom stereocenters. The van der Waals surface area contributed by atoms with E-state index in [0.717, 1.165) is 24.7 Å². The van der Waals surface area contributed by atoms with Crippen molar-refractivity contribution in [2.45, 2.75) is 52.0 Å². The van der Waals surface area contributed by atoms with E-state index in [1.165, 1.54) is 47.4 Å². The van der Waals surface area contributed by atoms with E-state index in [2.05, 4.69) is 42.7 Å². The van der Waals surface area contributed by atoms with E-state index < -0.39 is 0 Å². The second kappa shape index (κ2) is 6.71. The van der Waals surface area contributed by atoms with Crippen molar-refractivity contribution in [3.05, 3.63) is 39.7 Å². The predicted molar refractivity (Wildman–Crippen MR) is 91.0 cm³/mol. The fraction of sp³-hybridized carbons (Fsp3) is 0.500. The van der Waals surface area contributed by atoms with Crippen molar-refractivity contribution in [1.29, 1.82) is 0 Å². The highest BCUT2D eigenvalue weighted by atomic mass is 32.1. The molecule has 0 amide bonds. The Morgan fingerprint density at radius 1 is 1.24 bits per heavy atom. The molecule has 1 heterocycles. The molecule has 1 saturated carbocycles. The maximum absolute atomic E-state index is 4.81. The third-order valence-corrected chi connectivity index (χ3v) is 5.25. The smallest absolute Gasteiger partial charge is 0.0945 e. The van der Waals surface area contributed by atoms with Gasteiger partial charge in [-0.1, -0.05) is 36.6 Å². The van der Waals surface area contributed by atoms with E-state index in [4.69, 9.17) is 4.98 Å². The molecule has 2 nitrogen and oxygen atoms in total. The van der Waals surface area contributed by atoms with Crippen molar-refractivity contribution < 1.29 is 0 Å². The Hall–Kier alpha value is -1.19. The second-order valence-corrected chi connectivity index (χ2v) is 7.07. The Labute approximate surface area is 131 Å². The van der Waals surface area contributed by atoms with E-state index >= 15 is 0 Å². The first-order valence-electron chi connectivity index (χ1n) is 7.98. The van der Waals surface area contributed by atoms with Gasteiger partial charge in [-0.15, -0.1) is 11.3 Å². The average Bonchev–Trinajstić information content (AvgIpc) is 3.10. The Bertz CT molecular complexity index is 597. The highest BCUT2D eigenvalue weighted by Gasteiger charge is 2.14. The van der Waals surface area contributed by atoms with Crippen molar-refractivity contribution in [3.8, 4) is 11.3 Å². The summed E-state index contributed by atoms with van der Waals surface area (Å²) >= 11 is 1.79. The van der Waals surface area contributed by atoms with Crippen molar-refractivity contribution in [1.82, 2.24) is 10.3 Å². The molecule has 1 aliphatic rings. The Morgan fingerprint density at radius 3 is 2.81 bits per heavy atom. The largest absolute Gasteiger partial charge is 0.314 e. The van der Waals surface area contributed by atoms with Crippen molar-refractivity contribution >= 4 is 11.3 Å². The van der Waals surface area contributed by atoms with Crippen LogP contribution in [0, 0.1) is 13.8 Å². The lowest BCUT2D eigenvalue weighted by Crippen LogP contribution is -2.27. The molecule has 0 aliphatic heterocycles. The number of nitrogens with one attached hydrogen (secondary N) is 1. The molecule has 1 fully saturated rings. The van der Waals surface area contributed by atoms with Crippen LogP contribution in [0.2, 0.25) is 0 Å². The molecule has 0 bridgehead atoms. The zero-order valence-corrected chi connectivity index (χ0v) is 13.8. The van der Waals surface area contributed by atoms with Crippen molar-refractivity contribution in [3.63, 3.8) is 0 Å². The van der Waals surface area contributed by atoms with E-state index in [-0.39, 0.29) is 0 Å². The SMILES string of the molecule is Cc1ccc(-c2csc(CCNC3CCCC3)n2)c(C)c1. The van der Waals surface area contributed by atoms with Gasteiger partial charge in [0.1, 0.15) is 0 Å². The lowest BCUT2D eigenvalue weighted by atomic mass is 10.0. The first kappa shape index (κ1) is 14.7. The maximum atomic E-state index is 4.81. The van der Waals surface area contributed by atoms with Crippen LogP contribution in [0.5, 0.6) is 0 Å². The Morgan fingerprint density at radius 2 is 2.05 bits per heavy atom. The van der Waals surface area contributed by atoms with Crippen molar-refractivity contribution in [2.75, 3.05) is 6.54 Å². The summed E-state index contributed by atoms with van der Waals surface area (Å²) in [6.45, 7) is 5.37. The highest BCUT2D eigenvalue weighted by molar-refractivity contribution is 7.09. The van der Waals surface area contributed by atoms with Gasteiger partial charge in [0, 0.05) is 30.0 Å². The zero-order chi connectivity index (χ0) is 14.7. The van der Waals surface area contributed by atoms with Gasteiger partial charge in [-0.25, -0.2) is 4.98 Å². The fourth-order valence-electron chi connectivity index (χ4n) is 3.16. The first-order chi connectivity index (χ1) is 10.2. The third-order valence-electron chi connectivity index (χ3n) is 4.34. The third kappa shape index (κ3) is 3.72. The summed E-state index contributed by atoms with van der Waals surface area (Å²) in [5.41, 5.74) is 5.03. The lowest BCUT2D eigenvalue weighted by Gasteiger charge is -2.10. The molecule has 0 spiro atoms. The molecule has 0 atom stereocenters. The molecule has 1 N–H and O–H groups in total. The van der Waals surface area contributed by atoms with Gasteiger partial charge in [0.25, 0.3) is 0 Å². The number of hydrogen-bond acceptors (Lipinski definition) is 3. The summed E-state index contributed by atoms with van der Waals surface area (Å²) in [5.74, 6) is 0. The summed E-state index contributed by atoms with van der Waals surface area (Å²) in [4.78, 5) is 4.81. The number of aromatic nitrogens is 1. The molecule has 1 aromatic carbocycles. The van der Waals surface area contributed by atoms with Crippen LogP contribution in [0.1, 0.15) is 41.8 Å². The summed E-state index contributed by atoms with van der Waals surface area (Å²) in [6, 6.07) is 7.35. The average molecular weight is 300 g/mol. The number of nitrogens with zero attached hydrogens (tertiary/aromatic N) is 1. The monoisotopic (exact) mass is 300 g/mol. The summed E-state index contributed by atoms with van der Waals surface area (Å²) < 4.78 is 0. The van der Waals surface area contributed by atoms with E-state index in [1.807, 2.05) is 0 Å². The van der Waals surface area contributed by atoms with Crippen LogP contribution in [-0.4, -0.2) is 17.6 Å². The van der Waals surface area contributed by atoms with E-state index in [9.17, 15) is 0 Å². The van der Waals surface area contributed by atoms with Gasteiger partial charge in [-0.05, 0) is 32.3 Å². The molecule has 0 radical (unpaired) electrons. The van der Waals surface area contributed by atoms with Gasteiger partial charge in [0.15, 0.2) is 0 Å².